The van der Waals surface area contributed by atoms with Crippen molar-refractivity contribution >= 4 is 11.3 Å². The van der Waals surface area contributed by atoms with Gasteiger partial charge in [-0.05, 0) is 49.4 Å². The Bertz CT molecular complexity index is 597. The molecular weight excluding hydrogens is 260 g/mol. The van der Waals surface area contributed by atoms with Gasteiger partial charge in [0, 0.05) is 24.4 Å². The Morgan fingerprint density at radius 3 is 2.86 bits per heavy atom. The fourth-order valence-corrected chi connectivity index (χ4v) is 3.26. The molecule has 0 bridgehead atoms. The van der Waals surface area contributed by atoms with Crippen LogP contribution in [0, 0.1) is 0 Å². The van der Waals surface area contributed by atoms with Gasteiger partial charge in [-0.25, -0.2) is 5.84 Å². The minimum Gasteiger partial charge on any atom is -0.401 e. The smallest absolute Gasteiger partial charge is 0.0776 e. The summed E-state index contributed by atoms with van der Waals surface area (Å²) in [7, 11) is 0. The molecule has 0 unspecified atom stereocenters. The number of hydrogen-bond donors (Lipinski definition) is 3. The van der Waals surface area contributed by atoms with E-state index in [1.165, 1.54) is 22.3 Å². The van der Waals surface area contributed by atoms with Crippen molar-refractivity contribution in [2.45, 2.75) is 26.2 Å². The standard InChI is InChI=1S/C17H24N4/c1-12(18)17-16-5-4-14(13-6-8-20-9-7-13)11-15(16)3-2-10-21(17)19/h4-6,11,20H,2-3,7-10,18-19H2,1H3/b17-12-. The number of nitrogens with one attached hydrogen (secondary N) is 1. The van der Waals surface area contributed by atoms with Crippen LogP contribution >= 0.6 is 0 Å². The van der Waals surface area contributed by atoms with Crippen LogP contribution < -0.4 is 16.9 Å². The molecule has 3 rings (SSSR count). The molecule has 0 atom stereocenters. The molecule has 0 saturated heterocycles. The van der Waals surface area contributed by atoms with Crippen LogP contribution in [0.25, 0.3) is 11.3 Å². The first-order valence-electron chi connectivity index (χ1n) is 7.69. The second kappa shape index (κ2) is 5.92. The van der Waals surface area contributed by atoms with Gasteiger partial charge in [0.2, 0.25) is 0 Å². The Kier molecular flexibility index (Phi) is 3.99. The number of rotatable bonds is 1. The molecule has 2 aliphatic rings. The van der Waals surface area contributed by atoms with Crippen LogP contribution in [0.3, 0.4) is 0 Å². The van der Waals surface area contributed by atoms with E-state index in [4.69, 9.17) is 11.6 Å². The van der Waals surface area contributed by atoms with Crippen molar-refractivity contribution in [3.63, 3.8) is 0 Å². The van der Waals surface area contributed by atoms with E-state index < -0.39 is 0 Å². The number of allylic oxidation sites excluding steroid dienone is 1. The maximum absolute atomic E-state index is 6.15. The van der Waals surface area contributed by atoms with Crippen LogP contribution in [0.5, 0.6) is 0 Å². The summed E-state index contributed by atoms with van der Waals surface area (Å²) >= 11 is 0. The number of hydrazine groups is 1. The summed E-state index contributed by atoms with van der Waals surface area (Å²) in [5, 5.41) is 5.16. The van der Waals surface area contributed by atoms with Crippen molar-refractivity contribution in [2.75, 3.05) is 19.6 Å². The maximum atomic E-state index is 6.15. The first-order valence-corrected chi connectivity index (χ1v) is 7.69. The highest BCUT2D eigenvalue weighted by Gasteiger charge is 2.19. The van der Waals surface area contributed by atoms with Crippen LogP contribution in [-0.4, -0.2) is 24.6 Å². The minimum absolute atomic E-state index is 0.787. The zero-order valence-electron chi connectivity index (χ0n) is 12.7. The summed E-state index contributed by atoms with van der Waals surface area (Å²) in [4.78, 5) is 0. The van der Waals surface area contributed by atoms with E-state index >= 15 is 0 Å². The van der Waals surface area contributed by atoms with Gasteiger partial charge in [0.25, 0.3) is 0 Å². The van der Waals surface area contributed by atoms with Crippen LogP contribution in [-0.2, 0) is 6.42 Å². The molecule has 5 N–H and O–H groups in total. The number of aryl methyl sites for hydroxylation is 1. The molecule has 0 fully saturated rings. The lowest BCUT2D eigenvalue weighted by molar-refractivity contribution is 0.412. The monoisotopic (exact) mass is 284 g/mol. The van der Waals surface area contributed by atoms with Gasteiger partial charge in [0.05, 0.1) is 5.70 Å². The lowest BCUT2D eigenvalue weighted by Gasteiger charge is -2.22. The molecule has 0 saturated carbocycles. The van der Waals surface area contributed by atoms with E-state index in [0.717, 1.165) is 50.3 Å². The fraction of sp³-hybridized carbons (Fsp3) is 0.412. The molecule has 4 heteroatoms. The molecule has 112 valence electrons. The highest BCUT2D eigenvalue weighted by atomic mass is 15.4. The molecule has 2 heterocycles. The van der Waals surface area contributed by atoms with Gasteiger partial charge < -0.3 is 16.1 Å². The zero-order chi connectivity index (χ0) is 14.8. The molecule has 0 radical (unpaired) electrons. The van der Waals surface area contributed by atoms with Crippen molar-refractivity contribution < 1.29 is 0 Å². The van der Waals surface area contributed by atoms with Gasteiger partial charge in [0.15, 0.2) is 0 Å². The highest BCUT2D eigenvalue weighted by Crippen LogP contribution is 2.30. The van der Waals surface area contributed by atoms with Gasteiger partial charge in [-0.1, -0.05) is 24.3 Å². The summed E-state index contributed by atoms with van der Waals surface area (Å²) in [6.07, 6.45) is 5.51. The number of benzene rings is 1. The van der Waals surface area contributed by atoms with Crippen LogP contribution in [0.2, 0.25) is 0 Å². The van der Waals surface area contributed by atoms with Crippen LogP contribution in [0.1, 0.15) is 36.5 Å². The summed E-state index contributed by atoms with van der Waals surface area (Å²) in [6, 6.07) is 6.72. The minimum atomic E-state index is 0.787. The van der Waals surface area contributed by atoms with Crippen molar-refractivity contribution in [3.05, 3.63) is 46.7 Å². The molecule has 0 aliphatic carbocycles. The Balaban J connectivity index is 2.04. The van der Waals surface area contributed by atoms with Gasteiger partial charge in [-0.3, -0.25) is 0 Å². The van der Waals surface area contributed by atoms with Crippen LogP contribution in [0.4, 0.5) is 0 Å². The van der Waals surface area contributed by atoms with Crippen LogP contribution in [0.15, 0.2) is 30.0 Å². The zero-order valence-corrected chi connectivity index (χ0v) is 12.7. The number of nitrogens with zero attached hydrogens (tertiary/aromatic N) is 1. The van der Waals surface area contributed by atoms with Crippen molar-refractivity contribution in [3.8, 4) is 0 Å². The Hall–Kier alpha value is -1.78. The number of hydrogen-bond acceptors (Lipinski definition) is 4. The number of nitrogens with two attached hydrogens (primary N) is 2. The van der Waals surface area contributed by atoms with Crippen molar-refractivity contribution in [1.29, 1.82) is 0 Å². The predicted octanol–water partition coefficient (Wildman–Crippen LogP) is 1.83. The Labute approximate surface area is 126 Å². The molecule has 0 aromatic heterocycles. The van der Waals surface area contributed by atoms with E-state index in [-0.39, 0.29) is 0 Å². The Morgan fingerprint density at radius 1 is 1.29 bits per heavy atom. The molecule has 1 aromatic rings. The summed E-state index contributed by atoms with van der Waals surface area (Å²) in [5.74, 6) is 6.15. The van der Waals surface area contributed by atoms with E-state index in [9.17, 15) is 0 Å². The number of fused-ring (bicyclic) bond motifs is 1. The van der Waals surface area contributed by atoms with Gasteiger partial charge in [-0.2, -0.15) is 0 Å². The van der Waals surface area contributed by atoms with Crippen molar-refractivity contribution in [1.82, 2.24) is 10.3 Å². The molecule has 1 aromatic carbocycles. The highest BCUT2D eigenvalue weighted by molar-refractivity contribution is 5.74. The third-order valence-corrected chi connectivity index (χ3v) is 4.30. The SMILES string of the molecule is C/C(N)=C1\c2ccc(C3=CCNCC3)cc2CCCN1N. The average molecular weight is 284 g/mol. The third kappa shape index (κ3) is 2.82. The van der Waals surface area contributed by atoms with Gasteiger partial charge in [0.1, 0.15) is 0 Å². The molecule has 4 nitrogen and oxygen atoms in total. The van der Waals surface area contributed by atoms with E-state index in [1.54, 1.807) is 5.01 Å². The average Bonchev–Trinajstić information content (AvgIpc) is 2.65. The van der Waals surface area contributed by atoms with Crippen molar-refractivity contribution in [2.24, 2.45) is 11.6 Å². The first kappa shape index (κ1) is 14.2. The summed E-state index contributed by atoms with van der Waals surface area (Å²) in [5.41, 5.74) is 13.2. The lowest BCUT2D eigenvalue weighted by atomic mass is 9.93. The van der Waals surface area contributed by atoms with E-state index in [2.05, 4.69) is 29.6 Å². The molecule has 0 amide bonds. The molecule has 21 heavy (non-hydrogen) atoms. The first-order chi connectivity index (χ1) is 10.2. The normalized spacial score (nSPS) is 21.4. The Morgan fingerprint density at radius 2 is 2.14 bits per heavy atom. The second-order valence-corrected chi connectivity index (χ2v) is 5.88. The predicted molar refractivity (Wildman–Crippen MR) is 87.9 cm³/mol. The summed E-state index contributed by atoms with van der Waals surface area (Å²) in [6.45, 7) is 4.80. The second-order valence-electron chi connectivity index (χ2n) is 5.88. The van der Waals surface area contributed by atoms with E-state index in [0.29, 0.717) is 0 Å². The largest absolute Gasteiger partial charge is 0.401 e. The lowest BCUT2D eigenvalue weighted by Crippen LogP contribution is -2.31. The molecule has 0 spiro atoms. The van der Waals surface area contributed by atoms with Gasteiger partial charge >= 0.3 is 0 Å². The third-order valence-electron chi connectivity index (χ3n) is 4.30. The topological polar surface area (TPSA) is 67.3 Å². The summed E-state index contributed by atoms with van der Waals surface area (Å²) < 4.78 is 0. The molecular formula is C17H24N4. The maximum Gasteiger partial charge on any atom is 0.0776 e. The van der Waals surface area contributed by atoms with E-state index in [1.807, 2.05) is 6.92 Å². The molecule has 2 aliphatic heterocycles. The quantitative estimate of drug-likeness (QED) is 0.688. The van der Waals surface area contributed by atoms with Gasteiger partial charge in [-0.15, -0.1) is 0 Å². The fourth-order valence-electron chi connectivity index (χ4n) is 3.26.